The van der Waals surface area contributed by atoms with Crippen molar-refractivity contribution in [1.82, 2.24) is 0 Å². The van der Waals surface area contributed by atoms with E-state index in [-0.39, 0.29) is 4.83 Å². The molecule has 9 atom stereocenters. The van der Waals surface area contributed by atoms with Gasteiger partial charge in [-0.25, -0.2) is 0 Å². The molecule has 0 aromatic carbocycles. The van der Waals surface area contributed by atoms with E-state index in [9.17, 15) is 9.59 Å². The van der Waals surface area contributed by atoms with Gasteiger partial charge in [0.05, 0.1) is 4.83 Å². The lowest BCUT2D eigenvalue weighted by atomic mass is 9.44. The van der Waals surface area contributed by atoms with E-state index < -0.39 is 5.97 Å². The van der Waals surface area contributed by atoms with Crippen LogP contribution in [0.1, 0.15) is 85.0 Å². The van der Waals surface area contributed by atoms with Gasteiger partial charge in [0.1, 0.15) is 5.78 Å². The van der Waals surface area contributed by atoms with E-state index >= 15 is 0 Å². The van der Waals surface area contributed by atoms with Crippen LogP contribution in [0.3, 0.4) is 0 Å². The van der Waals surface area contributed by atoms with Crippen LogP contribution in [0.15, 0.2) is 0 Å². The van der Waals surface area contributed by atoms with Gasteiger partial charge in [0, 0.05) is 12.8 Å². The zero-order valence-electron chi connectivity index (χ0n) is 17.8. The second kappa shape index (κ2) is 7.39. The van der Waals surface area contributed by atoms with Gasteiger partial charge >= 0.3 is 5.97 Å². The average Bonchev–Trinajstić information content (AvgIpc) is 3.00. The zero-order valence-corrected chi connectivity index (χ0v) is 19.3. The molecule has 0 saturated heterocycles. The van der Waals surface area contributed by atoms with Crippen molar-refractivity contribution in [2.45, 2.75) is 89.8 Å². The third-order valence-electron chi connectivity index (χ3n) is 10.1. The number of halogens is 1. The van der Waals surface area contributed by atoms with E-state index in [1.165, 1.54) is 38.5 Å². The number of fused-ring (bicyclic) bond motifs is 5. The second-order valence-corrected chi connectivity index (χ2v) is 12.1. The number of rotatable bonds is 4. The summed E-state index contributed by atoms with van der Waals surface area (Å²) < 4.78 is 0. The molecule has 0 bridgehead atoms. The summed E-state index contributed by atoms with van der Waals surface area (Å²) in [6.07, 6.45) is 10.7. The first-order valence-corrected chi connectivity index (χ1v) is 12.5. The van der Waals surface area contributed by atoms with Crippen LogP contribution >= 0.6 is 15.9 Å². The molecule has 1 N–H and O–H groups in total. The Balaban J connectivity index is 1.53. The molecule has 0 heterocycles. The molecule has 4 heteroatoms. The number of carbonyl (C=O) groups is 2. The van der Waals surface area contributed by atoms with Crippen LogP contribution in [0.4, 0.5) is 0 Å². The summed E-state index contributed by atoms with van der Waals surface area (Å²) in [5.41, 5.74) is 0.708. The van der Waals surface area contributed by atoms with Crippen LogP contribution in [0.2, 0.25) is 0 Å². The van der Waals surface area contributed by atoms with Crippen LogP contribution in [0.25, 0.3) is 0 Å². The van der Waals surface area contributed by atoms with Crippen LogP contribution < -0.4 is 0 Å². The van der Waals surface area contributed by atoms with Crippen molar-refractivity contribution in [2.24, 2.45) is 46.3 Å². The molecule has 4 aliphatic carbocycles. The fourth-order valence-corrected chi connectivity index (χ4v) is 9.72. The van der Waals surface area contributed by atoms with Gasteiger partial charge in [-0.1, -0.05) is 36.7 Å². The van der Waals surface area contributed by atoms with Crippen molar-refractivity contribution < 1.29 is 14.7 Å². The number of hydrogen-bond acceptors (Lipinski definition) is 2. The summed E-state index contributed by atoms with van der Waals surface area (Å²) in [4.78, 5) is 23.5. The maximum Gasteiger partial charge on any atom is 0.303 e. The van der Waals surface area contributed by atoms with Gasteiger partial charge in [-0.15, -0.1) is 0 Å². The lowest BCUT2D eigenvalue weighted by Gasteiger charge is -2.61. The minimum Gasteiger partial charge on any atom is -0.481 e. The van der Waals surface area contributed by atoms with Gasteiger partial charge < -0.3 is 5.11 Å². The molecular formula is C24H37BrO3. The minimum atomic E-state index is -0.655. The van der Waals surface area contributed by atoms with Crippen LogP contribution in [-0.4, -0.2) is 21.7 Å². The molecule has 0 unspecified atom stereocenters. The summed E-state index contributed by atoms with van der Waals surface area (Å²) >= 11 is 3.77. The van der Waals surface area contributed by atoms with Crippen LogP contribution in [0, 0.1) is 46.3 Å². The number of carboxylic acids is 1. The SMILES string of the molecule is C[C@@H](CCC(=O)O)[C@H]1CC[C@H]2[C@@H]3CC[C@@H]4[C@@H](Br)C(=O)CC[C@]4(C)[C@H]3CC[C@]12C. The molecule has 4 saturated carbocycles. The van der Waals surface area contributed by atoms with Crippen LogP contribution in [-0.2, 0) is 9.59 Å². The molecule has 3 nitrogen and oxygen atoms in total. The van der Waals surface area contributed by atoms with Crippen molar-refractivity contribution in [1.29, 1.82) is 0 Å². The molecule has 0 aliphatic heterocycles. The van der Waals surface area contributed by atoms with E-state index in [2.05, 4.69) is 36.7 Å². The Hall–Kier alpha value is -0.380. The van der Waals surface area contributed by atoms with Crippen molar-refractivity contribution in [2.75, 3.05) is 0 Å². The number of Topliss-reactive ketones (excluding diaryl/α,β-unsaturated/α-hetero) is 1. The minimum absolute atomic E-state index is 0.0767. The smallest absolute Gasteiger partial charge is 0.303 e. The number of aliphatic carboxylic acids is 1. The van der Waals surface area contributed by atoms with Crippen molar-refractivity contribution in [3.8, 4) is 0 Å². The highest BCUT2D eigenvalue weighted by atomic mass is 79.9. The third kappa shape index (κ3) is 3.11. The fourth-order valence-electron chi connectivity index (χ4n) is 8.62. The van der Waals surface area contributed by atoms with E-state index in [4.69, 9.17) is 5.11 Å². The molecule has 4 rings (SSSR count). The summed E-state index contributed by atoms with van der Waals surface area (Å²) in [6, 6.07) is 0. The Kier molecular flexibility index (Phi) is 5.51. The van der Waals surface area contributed by atoms with Crippen LogP contribution in [0.5, 0.6) is 0 Å². The highest BCUT2D eigenvalue weighted by molar-refractivity contribution is 9.10. The second-order valence-electron chi connectivity index (χ2n) is 11.1. The summed E-state index contributed by atoms with van der Waals surface area (Å²) in [7, 11) is 0. The predicted molar refractivity (Wildman–Crippen MR) is 114 cm³/mol. The lowest BCUT2D eigenvalue weighted by molar-refractivity contribution is -0.139. The topological polar surface area (TPSA) is 54.4 Å². The first-order chi connectivity index (χ1) is 13.2. The van der Waals surface area contributed by atoms with E-state index in [1.807, 2.05) is 0 Å². The van der Waals surface area contributed by atoms with Gasteiger partial charge in [-0.2, -0.15) is 0 Å². The first kappa shape index (κ1) is 20.9. The first-order valence-electron chi connectivity index (χ1n) is 11.6. The normalized spacial score (nSPS) is 49.1. The lowest BCUT2D eigenvalue weighted by Crippen LogP contribution is -2.56. The Morgan fingerprint density at radius 3 is 2.46 bits per heavy atom. The molecule has 0 aromatic heterocycles. The zero-order chi connectivity index (χ0) is 20.3. The average molecular weight is 453 g/mol. The monoisotopic (exact) mass is 452 g/mol. The Morgan fingerprint density at radius 2 is 1.75 bits per heavy atom. The van der Waals surface area contributed by atoms with Crippen molar-refractivity contribution in [3.05, 3.63) is 0 Å². The highest BCUT2D eigenvalue weighted by Gasteiger charge is 2.61. The van der Waals surface area contributed by atoms with Gasteiger partial charge in [0.2, 0.25) is 0 Å². The summed E-state index contributed by atoms with van der Waals surface area (Å²) in [5, 5.41) is 9.11. The van der Waals surface area contributed by atoms with Gasteiger partial charge in [-0.3, -0.25) is 9.59 Å². The predicted octanol–water partition coefficient (Wildman–Crippen LogP) is 6.09. The molecule has 0 spiro atoms. The van der Waals surface area contributed by atoms with Crippen molar-refractivity contribution in [3.63, 3.8) is 0 Å². The third-order valence-corrected chi connectivity index (χ3v) is 11.2. The molecule has 0 radical (unpaired) electrons. The largest absolute Gasteiger partial charge is 0.481 e. The number of ketones is 1. The highest BCUT2D eigenvalue weighted by Crippen LogP contribution is 2.68. The molecule has 0 amide bonds. The Labute approximate surface area is 178 Å². The molecule has 4 fully saturated rings. The molecule has 158 valence electrons. The quantitative estimate of drug-likeness (QED) is 0.524. The van der Waals surface area contributed by atoms with E-state index in [1.54, 1.807) is 0 Å². The molecule has 4 aliphatic rings. The molecule has 28 heavy (non-hydrogen) atoms. The number of alkyl halides is 1. The summed E-state index contributed by atoms with van der Waals surface area (Å²) in [6.45, 7) is 7.34. The fraction of sp³-hybridized carbons (Fsp3) is 0.917. The van der Waals surface area contributed by atoms with Crippen molar-refractivity contribution >= 4 is 27.7 Å². The standard InChI is InChI=1S/C24H37BrO3/c1-14(4-9-21(27)28)16-7-8-17-15-5-6-19-22(25)20(26)11-13-24(19,3)18(15)10-12-23(16,17)2/h14-19,22H,4-13H2,1-3H3,(H,27,28)/t14-,15-,16+,17-,18-,19+,22+,23+,24+/m0/s1. The maximum atomic E-state index is 12.3. The number of carbonyl (C=O) groups excluding carboxylic acids is 1. The maximum absolute atomic E-state index is 12.3. The molecule has 0 aromatic rings. The van der Waals surface area contributed by atoms with Gasteiger partial charge in [0.15, 0.2) is 0 Å². The van der Waals surface area contributed by atoms with E-state index in [0.717, 1.165) is 37.0 Å². The van der Waals surface area contributed by atoms with Gasteiger partial charge in [-0.05, 0) is 97.7 Å². The van der Waals surface area contributed by atoms with Gasteiger partial charge in [0.25, 0.3) is 0 Å². The Bertz CT molecular complexity index is 648. The number of carboxylic acid groups (broad SMARTS) is 1. The summed E-state index contributed by atoms with van der Waals surface area (Å²) in [5.74, 6) is 3.86. The Morgan fingerprint density at radius 1 is 1.07 bits per heavy atom. The number of hydrogen-bond donors (Lipinski definition) is 1. The van der Waals surface area contributed by atoms with E-state index in [0.29, 0.717) is 40.8 Å². The molecular weight excluding hydrogens is 416 g/mol.